The molecule has 0 bridgehead atoms. The van der Waals surface area contributed by atoms with Crippen LogP contribution in [0, 0.1) is 5.41 Å². The van der Waals surface area contributed by atoms with Crippen LogP contribution in [0.1, 0.15) is 31.2 Å². The summed E-state index contributed by atoms with van der Waals surface area (Å²) in [4.78, 5) is 17.4. The molecule has 1 aromatic rings. The molecule has 142 valence electrons. The van der Waals surface area contributed by atoms with Crippen molar-refractivity contribution in [2.75, 3.05) is 25.5 Å². The van der Waals surface area contributed by atoms with Crippen molar-refractivity contribution in [3.63, 3.8) is 0 Å². The number of anilines is 1. The number of para-hydroxylation sites is 1. The molecular weight excluding hydrogens is 336 g/mol. The molecule has 0 amide bonds. The van der Waals surface area contributed by atoms with Gasteiger partial charge in [0.1, 0.15) is 11.3 Å². The molecule has 0 saturated carbocycles. The summed E-state index contributed by atoms with van der Waals surface area (Å²) < 4.78 is 0. The first kappa shape index (κ1) is 19.1. The SMILES string of the molecule is CNCCCCCC1(C(N)=NC2=Cc3ccccc3NC2)C=CC=CC1=O. The van der Waals surface area contributed by atoms with Crippen LogP contribution in [0.15, 0.2) is 59.3 Å². The molecule has 5 nitrogen and oxygen atoms in total. The molecule has 2 aliphatic rings. The standard InChI is InChI=1S/C22H28N4O/c1-24-14-8-2-6-12-22(13-7-5-11-20(22)27)21(23)26-18-15-17-9-3-4-10-19(17)25-16-18/h3-5,7,9-11,13,15,24-25H,2,6,8,12,14,16H2,1H3,(H2,23,26). The summed E-state index contributed by atoms with van der Waals surface area (Å²) in [6.45, 7) is 1.59. The molecule has 0 spiro atoms. The van der Waals surface area contributed by atoms with E-state index in [2.05, 4.69) is 15.6 Å². The van der Waals surface area contributed by atoms with E-state index in [1.807, 2.05) is 49.5 Å². The van der Waals surface area contributed by atoms with Crippen LogP contribution in [0.5, 0.6) is 0 Å². The van der Waals surface area contributed by atoms with Crippen LogP contribution in [-0.2, 0) is 4.79 Å². The van der Waals surface area contributed by atoms with Gasteiger partial charge in [-0.3, -0.25) is 4.79 Å². The number of rotatable bonds is 8. The number of nitrogens with one attached hydrogen (secondary N) is 2. The number of ketones is 1. The normalized spacial score (nSPS) is 21.6. The van der Waals surface area contributed by atoms with Gasteiger partial charge in [-0.25, -0.2) is 4.99 Å². The highest BCUT2D eigenvalue weighted by molar-refractivity contribution is 6.15. The fourth-order valence-electron chi connectivity index (χ4n) is 3.55. The summed E-state index contributed by atoms with van der Waals surface area (Å²) in [5.74, 6) is 0.402. The van der Waals surface area contributed by atoms with Crippen LogP contribution in [0.4, 0.5) is 5.69 Å². The van der Waals surface area contributed by atoms with Crippen molar-refractivity contribution in [1.29, 1.82) is 0 Å². The second kappa shape index (κ2) is 8.82. The van der Waals surface area contributed by atoms with Crippen molar-refractivity contribution in [3.05, 3.63) is 59.8 Å². The zero-order valence-electron chi connectivity index (χ0n) is 15.9. The highest BCUT2D eigenvalue weighted by atomic mass is 16.1. The van der Waals surface area contributed by atoms with Gasteiger partial charge in [-0.15, -0.1) is 0 Å². The minimum Gasteiger partial charge on any atom is -0.386 e. The van der Waals surface area contributed by atoms with Gasteiger partial charge in [-0.1, -0.05) is 49.3 Å². The minimum atomic E-state index is -0.827. The fourth-order valence-corrected chi connectivity index (χ4v) is 3.55. The minimum absolute atomic E-state index is 0.0182. The number of unbranched alkanes of at least 4 members (excludes halogenated alkanes) is 2. The third-order valence-corrected chi connectivity index (χ3v) is 5.14. The number of hydrogen-bond acceptors (Lipinski definition) is 4. The van der Waals surface area contributed by atoms with Gasteiger partial charge in [0.15, 0.2) is 5.78 Å². The van der Waals surface area contributed by atoms with Gasteiger partial charge in [0.2, 0.25) is 0 Å². The van der Waals surface area contributed by atoms with E-state index in [0.717, 1.165) is 42.8 Å². The predicted molar refractivity (Wildman–Crippen MR) is 113 cm³/mol. The number of nitrogens with zero attached hydrogens (tertiary/aromatic N) is 1. The van der Waals surface area contributed by atoms with Gasteiger partial charge in [-0.2, -0.15) is 0 Å². The number of allylic oxidation sites excluding steroid dienone is 3. The number of benzene rings is 1. The van der Waals surface area contributed by atoms with E-state index in [1.165, 1.54) is 0 Å². The Morgan fingerprint density at radius 2 is 2.11 bits per heavy atom. The first-order valence-electron chi connectivity index (χ1n) is 9.59. The number of nitrogens with two attached hydrogens (primary N) is 1. The molecule has 1 aliphatic carbocycles. The molecule has 1 unspecified atom stereocenters. The lowest BCUT2D eigenvalue weighted by Gasteiger charge is -2.30. The smallest absolute Gasteiger partial charge is 0.173 e. The van der Waals surface area contributed by atoms with Gasteiger partial charge >= 0.3 is 0 Å². The van der Waals surface area contributed by atoms with Crippen LogP contribution in [0.3, 0.4) is 0 Å². The van der Waals surface area contributed by atoms with Crippen molar-refractivity contribution in [3.8, 4) is 0 Å². The molecule has 1 atom stereocenters. The molecule has 0 saturated heterocycles. The topological polar surface area (TPSA) is 79.5 Å². The van der Waals surface area contributed by atoms with Gasteiger partial charge < -0.3 is 16.4 Å². The van der Waals surface area contributed by atoms with Gasteiger partial charge in [-0.05, 0) is 50.2 Å². The van der Waals surface area contributed by atoms with Crippen LogP contribution < -0.4 is 16.4 Å². The molecule has 27 heavy (non-hydrogen) atoms. The van der Waals surface area contributed by atoms with Crippen molar-refractivity contribution in [1.82, 2.24) is 5.32 Å². The summed E-state index contributed by atoms with van der Waals surface area (Å²) in [7, 11) is 1.95. The maximum Gasteiger partial charge on any atom is 0.173 e. The van der Waals surface area contributed by atoms with Crippen molar-refractivity contribution in [2.45, 2.75) is 25.7 Å². The Balaban J connectivity index is 1.81. The molecule has 3 rings (SSSR count). The molecule has 4 N–H and O–H groups in total. The summed E-state index contributed by atoms with van der Waals surface area (Å²) in [5, 5.41) is 6.51. The quantitative estimate of drug-likeness (QED) is 0.376. The Hall–Kier alpha value is -2.66. The Morgan fingerprint density at radius 3 is 2.93 bits per heavy atom. The maximum atomic E-state index is 12.8. The highest BCUT2D eigenvalue weighted by Gasteiger charge is 2.39. The van der Waals surface area contributed by atoms with Crippen molar-refractivity contribution >= 4 is 23.4 Å². The predicted octanol–water partition coefficient (Wildman–Crippen LogP) is 3.27. The number of carbonyl (C=O) groups excluding carboxylic acids is 1. The zero-order valence-corrected chi connectivity index (χ0v) is 15.9. The molecule has 0 radical (unpaired) electrons. The molecule has 1 aromatic carbocycles. The van der Waals surface area contributed by atoms with E-state index in [4.69, 9.17) is 5.73 Å². The number of hydrogen-bond donors (Lipinski definition) is 3. The van der Waals surface area contributed by atoms with E-state index in [0.29, 0.717) is 18.8 Å². The van der Waals surface area contributed by atoms with E-state index in [1.54, 1.807) is 12.2 Å². The average molecular weight is 364 g/mol. The third-order valence-electron chi connectivity index (χ3n) is 5.14. The molecule has 1 heterocycles. The summed E-state index contributed by atoms with van der Waals surface area (Å²) in [5.41, 5.74) is 8.62. The van der Waals surface area contributed by atoms with Crippen molar-refractivity contribution in [2.24, 2.45) is 16.1 Å². The average Bonchev–Trinajstić information content (AvgIpc) is 2.69. The lowest BCUT2D eigenvalue weighted by Crippen LogP contribution is -2.43. The first-order chi connectivity index (χ1) is 13.2. The Labute approximate surface area is 161 Å². The van der Waals surface area contributed by atoms with E-state index in [-0.39, 0.29) is 5.78 Å². The molecule has 5 heteroatoms. The lowest BCUT2D eigenvalue weighted by atomic mass is 9.75. The van der Waals surface area contributed by atoms with Crippen LogP contribution in [-0.4, -0.2) is 31.8 Å². The fraction of sp³-hybridized carbons (Fsp3) is 0.364. The van der Waals surface area contributed by atoms with Gasteiger partial charge in [0, 0.05) is 5.69 Å². The Morgan fingerprint density at radius 1 is 1.26 bits per heavy atom. The highest BCUT2D eigenvalue weighted by Crippen LogP contribution is 2.33. The lowest BCUT2D eigenvalue weighted by molar-refractivity contribution is -0.119. The van der Waals surface area contributed by atoms with Crippen LogP contribution in [0.25, 0.3) is 6.08 Å². The van der Waals surface area contributed by atoms with Crippen LogP contribution >= 0.6 is 0 Å². The number of aliphatic imine (C=N–C) groups is 1. The molecule has 0 aromatic heterocycles. The third kappa shape index (κ3) is 4.37. The maximum absolute atomic E-state index is 12.8. The summed E-state index contributed by atoms with van der Waals surface area (Å²) >= 11 is 0. The Kier molecular flexibility index (Phi) is 6.24. The summed E-state index contributed by atoms with van der Waals surface area (Å²) in [6.07, 6.45) is 13.0. The summed E-state index contributed by atoms with van der Waals surface area (Å²) in [6, 6.07) is 8.08. The monoisotopic (exact) mass is 364 g/mol. The second-order valence-electron chi connectivity index (χ2n) is 7.04. The zero-order chi connectivity index (χ0) is 19.1. The molecule has 0 fully saturated rings. The van der Waals surface area contributed by atoms with Crippen molar-refractivity contribution < 1.29 is 4.79 Å². The van der Waals surface area contributed by atoms with E-state index in [9.17, 15) is 4.79 Å². The molecule has 1 aliphatic heterocycles. The van der Waals surface area contributed by atoms with E-state index >= 15 is 0 Å². The van der Waals surface area contributed by atoms with E-state index < -0.39 is 5.41 Å². The first-order valence-corrected chi connectivity index (χ1v) is 9.59. The van der Waals surface area contributed by atoms with Gasteiger partial charge in [0.05, 0.1) is 12.2 Å². The number of amidine groups is 1. The van der Waals surface area contributed by atoms with Crippen LogP contribution in [0.2, 0.25) is 0 Å². The Bertz CT molecular complexity index is 806. The molecular formula is C22H28N4O. The number of carbonyl (C=O) groups is 1. The largest absolute Gasteiger partial charge is 0.386 e. The van der Waals surface area contributed by atoms with Gasteiger partial charge in [0.25, 0.3) is 0 Å². The second-order valence-corrected chi connectivity index (χ2v) is 7.04. The number of fused-ring (bicyclic) bond motifs is 1.